The van der Waals surface area contributed by atoms with E-state index in [1.54, 1.807) is 46.2 Å². The van der Waals surface area contributed by atoms with E-state index in [2.05, 4.69) is 5.10 Å². The first-order valence-corrected chi connectivity index (χ1v) is 10.8. The molecule has 1 aliphatic heterocycles. The highest BCUT2D eigenvalue weighted by atomic mass is 35.5. The van der Waals surface area contributed by atoms with Crippen molar-refractivity contribution >= 4 is 23.4 Å². The van der Waals surface area contributed by atoms with Gasteiger partial charge in [-0.3, -0.25) is 9.59 Å². The van der Waals surface area contributed by atoms with Gasteiger partial charge in [0.05, 0.1) is 5.69 Å². The summed E-state index contributed by atoms with van der Waals surface area (Å²) < 4.78 is 44.8. The minimum absolute atomic E-state index is 0.111. The van der Waals surface area contributed by atoms with E-state index in [1.165, 1.54) is 18.3 Å². The zero-order valence-electron chi connectivity index (χ0n) is 17.8. The quantitative estimate of drug-likeness (QED) is 0.541. The van der Waals surface area contributed by atoms with E-state index >= 15 is 0 Å². The number of rotatable bonds is 5. The van der Waals surface area contributed by atoms with Gasteiger partial charge in [-0.1, -0.05) is 11.6 Å². The first-order valence-electron chi connectivity index (χ1n) is 10.4. The lowest BCUT2D eigenvalue weighted by Gasteiger charge is -2.34. The maximum absolute atomic E-state index is 12.8. The molecule has 1 aliphatic rings. The van der Waals surface area contributed by atoms with Gasteiger partial charge in [-0.2, -0.15) is 18.3 Å². The van der Waals surface area contributed by atoms with Gasteiger partial charge in [0.2, 0.25) is 0 Å². The smallest absolute Gasteiger partial charge is 0.435 e. The van der Waals surface area contributed by atoms with Crippen LogP contribution in [0.2, 0.25) is 5.02 Å². The highest BCUT2D eigenvalue weighted by molar-refractivity contribution is 6.30. The van der Waals surface area contributed by atoms with Crippen molar-refractivity contribution in [1.82, 2.24) is 19.6 Å². The largest absolute Gasteiger partial charge is 0.484 e. The fourth-order valence-corrected chi connectivity index (χ4v) is 3.61. The molecule has 4 rings (SSSR count). The number of hydrogen-bond acceptors (Lipinski definition) is 4. The van der Waals surface area contributed by atoms with Gasteiger partial charge in [0.15, 0.2) is 12.3 Å². The van der Waals surface area contributed by atoms with Crippen LogP contribution in [0.1, 0.15) is 16.1 Å². The molecule has 11 heteroatoms. The molecule has 1 fully saturated rings. The summed E-state index contributed by atoms with van der Waals surface area (Å²) in [6, 6.07) is 13.8. The molecule has 2 heterocycles. The highest BCUT2D eigenvalue weighted by Crippen LogP contribution is 2.28. The number of carbonyl (C=O) groups is 2. The van der Waals surface area contributed by atoms with Gasteiger partial charge in [-0.15, -0.1) is 0 Å². The number of hydrogen-bond donors (Lipinski definition) is 0. The molecular formula is C23H20ClF3N4O3. The van der Waals surface area contributed by atoms with Gasteiger partial charge in [0.25, 0.3) is 11.8 Å². The Hall–Kier alpha value is -3.53. The normalized spacial score (nSPS) is 14.2. The number of amides is 2. The summed E-state index contributed by atoms with van der Waals surface area (Å²) in [5.41, 5.74) is -0.181. The van der Waals surface area contributed by atoms with Crippen molar-refractivity contribution in [3.05, 3.63) is 77.1 Å². The van der Waals surface area contributed by atoms with Gasteiger partial charge in [-0.25, -0.2) is 4.68 Å². The second-order valence-corrected chi connectivity index (χ2v) is 8.04. The molecule has 7 nitrogen and oxygen atoms in total. The Morgan fingerprint density at radius 2 is 1.53 bits per heavy atom. The van der Waals surface area contributed by atoms with E-state index in [9.17, 15) is 22.8 Å². The number of piperazine rings is 1. The van der Waals surface area contributed by atoms with Crippen molar-refractivity contribution in [1.29, 1.82) is 0 Å². The van der Waals surface area contributed by atoms with Crippen LogP contribution in [-0.2, 0) is 11.0 Å². The van der Waals surface area contributed by atoms with Crippen LogP contribution in [0.15, 0.2) is 60.8 Å². The maximum Gasteiger partial charge on any atom is 0.435 e. The molecule has 3 aromatic rings. The van der Waals surface area contributed by atoms with E-state index < -0.39 is 11.9 Å². The zero-order chi connectivity index (χ0) is 24.3. The lowest BCUT2D eigenvalue weighted by Crippen LogP contribution is -2.51. The first-order chi connectivity index (χ1) is 16.2. The SMILES string of the molecule is O=C(COc1ccc(Cl)cc1)N1CCN(C(=O)c2ccc(-n3ccc(C(F)(F)F)n3)cc2)CC1. The van der Waals surface area contributed by atoms with Crippen molar-refractivity contribution in [3.8, 4) is 11.4 Å². The average Bonchev–Trinajstić information content (AvgIpc) is 3.34. The van der Waals surface area contributed by atoms with Gasteiger partial charge in [0.1, 0.15) is 5.75 Å². The molecule has 1 saturated heterocycles. The van der Waals surface area contributed by atoms with Crippen LogP contribution in [0, 0.1) is 0 Å². The van der Waals surface area contributed by atoms with Crippen molar-refractivity contribution in [2.45, 2.75) is 6.18 Å². The Balaban J connectivity index is 1.29. The van der Waals surface area contributed by atoms with Crippen LogP contribution in [0.3, 0.4) is 0 Å². The Labute approximate surface area is 198 Å². The van der Waals surface area contributed by atoms with Crippen molar-refractivity contribution in [2.24, 2.45) is 0 Å². The predicted molar refractivity (Wildman–Crippen MR) is 118 cm³/mol. The Bertz CT molecular complexity index is 1160. The molecule has 0 bridgehead atoms. The fraction of sp³-hybridized carbons (Fsp3) is 0.261. The molecule has 2 amide bonds. The molecular weight excluding hydrogens is 473 g/mol. The molecule has 178 valence electrons. The fourth-order valence-electron chi connectivity index (χ4n) is 3.48. The Morgan fingerprint density at radius 1 is 0.912 bits per heavy atom. The van der Waals surface area contributed by atoms with Gasteiger partial charge >= 0.3 is 6.18 Å². The number of benzene rings is 2. The minimum atomic E-state index is -4.52. The highest BCUT2D eigenvalue weighted by Gasteiger charge is 2.33. The van der Waals surface area contributed by atoms with E-state index in [0.717, 1.165) is 10.7 Å². The third kappa shape index (κ3) is 5.51. The van der Waals surface area contributed by atoms with E-state index in [0.29, 0.717) is 48.2 Å². The molecule has 0 saturated carbocycles. The summed E-state index contributed by atoms with van der Waals surface area (Å²) in [6.45, 7) is 1.36. The maximum atomic E-state index is 12.8. The lowest BCUT2D eigenvalue weighted by atomic mass is 10.1. The standard InChI is InChI=1S/C23H20ClF3N4O3/c24-17-3-7-19(8-4-17)34-15-21(32)29-11-13-30(14-12-29)22(33)16-1-5-18(6-2-16)31-10-9-20(28-31)23(25,26)27/h1-10H,11-15H2. The second-order valence-electron chi connectivity index (χ2n) is 7.61. The summed E-state index contributed by atoms with van der Waals surface area (Å²) in [4.78, 5) is 28.5. The number of alkyl halides is 3. The molecule has 1 aromatic heterocycles. The molecule has 2 aromatic carbocycles. The molecule has 0 aliphatic carbocycles. The van der Waals surface area contributed by atoms with E-state index in [-0.39, 0.29) is 18.4 Å². The second kappa shape index (κ2) is 9.76. The lowest BCUT2D eigenvalue weighted by molar-refractivity contribution is -0.141. The third-order valence-electron chi connectivity index (χ3n) is 5.35. The van der Waals surface area contributed by atoms with Crippen molar-refractivity contribution in [3.63, 3.8) is 0 Å². The molecule has 34 heavy (non-hydrogen) atoms. The van der Waals surface area contributed by atoms with Crippen LogP contribution in [0.5, 0.6) is 5.75 Å². The number of ether oxygens (including phenoxy) is 1. The molecule has 0 radical (unpaired) electrons. The topological polar surface area (TPSA) is 67.7 Å². The van der Waals surface area contributed by atoms with E-state index in [4.69, 9.17) is 16.3 Å². The van der Waals surface area contributed by atoms with Gasteiger partial charge in [0, 0.05) is 43.0 Å². The predicted octanol–water partition coefficient (Wildman–Crippen LogP) is 3.91. The molecule has 0 N–H and O–H groups in total. The van der Waals surface area contributed by atoms with Crippen molar-refractivity contribution < 1.29 is 27.5 Å². The number of carbonyl (C=O) groups excluding carboxylic acids is 2. The van der Waals surface area contributed by atoms with Crippen LogP contribution >= 0.6 is 11.6 Å². The number of aromatic nitrogens is 2. The van der Waals surface area contributed by atoms with Crippen LogP contribution < -0.4 is 4.74 Å². The van der Waals surface area contributed by atoms with Crippen LogP contribution in [0.25, 0.3) is 5.69 Å². The summed E-state index contributed by atoms with van der Waals surface area (Å²) in [5.74, 6) is 0.149. The van der Waals surface area contributed by atoms with E-state index in [1.807, 2.05) is 0 Å². The van der Waals surface area contributed by atoms with Crippen molar-refractivity contribution in [2.75, 3.05) is 32.8 Å². The summed E-state index contributed by atoms with van der Waals surface area (Å²) in [6.07, 6.45) is -3.31. The zero-order valence-corrected chi connectivity index (χ0v) is 18.6. The molecule has 0 atom stereocenters. The average molecular weight is 493 g/mol. The minimum Gasteiger partial charge on any atom is -0.484 e. The van der Waals surface area contributed by atoms with Gasteiger partial charge in [-0.05, 0) is 54.6 Å². The Kier molecular flexibility index (Phi) is 6.78. The monoisotopic (exact) mass is 492 g/mol. The summed E-state index contributed by atoms with van der Waals surface area (Å²) in [7, 11) is 0. The van der Waals surface area contributed by atoms with Crippen LogP contribution in [0.4, 0.5) is 13.2 Å². The number of nitrogens with zero attached hydrogens (tertiary/aromatic N) is 4. The van der Waals surface area contributed by atoms with Gasteiger partial charge < -0.3 is 14.5 Å². The summed E-state index contributed by atoms with van der Waals surface area (Å²) >= 11 is 5.83. The summed E-state index contributed by atoms with van der Waals surface area (Å²) in [5, 5.41) is 4.10. The Morgan fingerprint density at radius 3 is 2.12 bits per heavy atom. The third-order valence-corrected chi connectivity index (χ3v) is 5.61. The van der Waals surface area contributed by atoms with Crippen LogP contribution in [-0.4, -0.2) is 64.2 Å². The first kappa shape index (κ1) is 23.6. The molecule has 0 spiro atoms. The molecule has 0 unspecified atom stereocenters. The number of halogens is 4.